The molecule has 0 radical (unpaired) electrons. The van der Waals surface area contributed by atoms with E-state index in [9.17, 15) is 14.4 Å². The van der Waals surface area contributed by atoms with Gasteiger partial charge in [0.15, 0.2) is 6.04 Å². The van der Waals surface area contributed by atoms with Crippen LogP contribution in [0.2, 0.25) is 0 Å². The van der Waals surface area contributed by atoms with E-state index in [0.717, 1.165) is 0 Å². The Kier molecular flexibility index (Phi) is 5.60. The highest BCUT2D eigenvalue weighted by atomic mass is 16.7. The van der Waals surface area contributed by atoms with Crippen molar-refractivity contribution in [2.24, 2.45) is 0 Å². The molecule has 7 nitrogen and oxygen atoms in total. The zero-order valence-corrected chi connectivity index (χ0v) is 10.0. The standard InChI is InChI=1S/C10H17NO6/c1-10(2,3)17-11(6-12)7(9(15)16)4-5-8(13)14/h6-7H,4-5H2,1-3H3,(H,13,14)(H,15,16)/t7-/m0/s1. The van der Waals surface area contributed by atoms with Crippen LogP contribution in [0.3, 0.4) is 0 Å². The van der Waals surface area contributed by atoms with E-state index in [1.54, 1.807) is 20.8 Å². The molecule has 0 aliphatic heterocycles. The first-order chi connectivity index (χ1) is 7.67. The highest BCUT2D eigenvalue weighted by molar-refractivity contribution is 5.77. The topological polar surface area (TPSA) is 104 Å². The van der Waals surface area contributed by atoms with Crippen molar-refractivity contribution in [2.45, 2.75) is 45.3 Å². The third kappa shape index (κ3) is 6.52. The van der Waals surface area contributed by atoms with Crippen LogP contribution in [0, 0.1) is 0 Å². The molecule has 0 aromatic rings. The van der Waals surface area contributed by atoms with Gasteiger partial charge >= 0.3 is 11.9 Å². The van der Waals surface area contributed by atoms with Crippen molar-refractivity contribution in [3.63, 3.8) is 0 Å². The van der Waals surface area contributed by atoms with Gasteiger partial charge in [-0.15, -0.1) is 0 Å². The molecule has 0 spiro atoms. The number of carboxylic acids is 2. The normalized spacial score (nSPS) is 12.9. The van der Waals surface area contributed by atoms with E-state index in [1.165, 1.54) is 0 Å². The smallest absolute Gasteiger partial charge is 0.329 e. The number of aliphatic carboxylic acids is 2. The predicted molar refractivity (Wildman–Crippen MR) is 57.0 cm³/mol. The number of carbonyl (C=O) groups excluding carboxylic acids is 1. The number of rotatable bonds is 7. The minimum absolute atomic E-state index is 0.209. The first kappa shape index (κ1) is 15.4. The van der Waals surface area contributed by atoms with Gasteiger partial charge in [0.05, 0.1) is 5.60 Å². The van der Waals surface area contributed by atoms with E-state index in [4.69, 9.17) is 15.1 Å². The van der Waals surface area contributed by atoms with Gasteiger partial charge in [-0.2, -0.15) is 0 Å². The zero-order valence-electron chi connectivity index (χ0n) is 10.0. The maximum Gasteiger partial charge on any atom is 0.329 e. The summed E-state index contributed by atoms with van der Waals surface area (Å²) >= 11 is 0. The van der Waals surface area contributed by atoms with E-state index in [2.05, 4.69) is 0 Å². The molecule has 0 fully saturated rings. The van der Waals surface area contributed by atoms with E-state index < -0.39 is 23.6 Å². The zero-order chi connectivity index (χ0) is 13.6. The molecule has 0 aromatic heterocycles. The highest BCUT2D eigenvalue weighted by Gasteiger charge is 2.29. The molecule has 0 rings (SSSR count). The summed E-state index contributed by atoms with van der Waals surface area (Å²) in [7, 11) is 0. The molecule has 7 heteroatoms. The molecule has 1 atom stereocenters. The fraction of sp³-hybridized carbons (Fsp3) is 0.700. The second-order valence-corrected chi connectivity index (χ2v) is 4.46. The van der Waals surface area contributed by atoms with Gasteiger partial charge in [0.25, 0.3) is 0 Å². The molecule has 1 amide bonds. The number of amides is 1. The Morgan fingerprint density at radius 2 is 1.88 bits per heavy atom. The fourth-order valence-electron chi connectivity index (χ4n) is 1.09. The van der Waals surface area contributed by atoms with Crippen molar-refractivity contribution in [3.05, 3.63) is 0 Å². The number of nitrogens with zero attached hydrogens (tertiary/aromatic N) is 1. The quantitative estimate of drug-likeness (QED) is 0.501. The van der Waals surface area contributed by atoms with Crippen LogP contribution >= 0.6 is 0 Å². The molecule has 17 heavy (non-hydrogen) atoms. The van der Waals surface area contributed by atoms with Crippen molar-refractivity contribution >= 4 is 18.3 Å². The fourth-order valence-corrected chi connectivity index (χ4v) is 1.09. The van der Waals surface area contributed by atoms with Crippen molar-refractivity contribution in [3.8, 4) is 0 Å². The number of hydrogen-bond acceptors (Lipinski definition) is 4. The van der Waals surface area contributed by atoms with Gasteiger partial charge in [-0.05, 0) is 27.2 Å². The summed E-state index contributed by atoms with van der Waals surface area (Å²) in [5, 5.41) is 18.0. The van der Waals surface area contributed by atoms with Crippen LogP contribution in [0.4, 0.5) is 0 Å². The van der Waals surface area contributed by atoms with E-state index in [0.29, 0.717) is 5.06 Å². The number of carbonyl (C=O) groups is 3. The summed E-state index contributed by atoms with van der Waals surface area (Å²) in [6.45, 7) is 4.96. The molecular formula is C10H17NO6. The average Bonchev–Trinajstić information content (AvgIpc) is 2.13. The minimum Gasteiger partial charge on any atom is -0.481 e. The Morgan fingerprint density at radius 3 is 2.18 bits per heavy atom. The van der Waals surface area contributed by atoms with Gasteiger partial charge in [-0.1, -0.05) is 0 Å². The predicted octanol–water partition coefficient (Wildman–Crippen LogP) is 0.493. The maximum absolute atomic E-state index is 10.9. The van der Waals surface area contributed by atoms with Gasteiger partial charge in [0, 0.05) is 6.42 Å². The SMILES string of the molecule is CC(C)(C)ON(C=O)[C@@H](CCC(=O)O)C(=O)O. The second-order valence-electron chi connectivity index (χ2n) is 4.46. The highest BCUT2D eigenvalue weighted by Crippen LogP contribution is 2.14. The summed E-state index contributed by atoms with van der Waals surface area (Å²) in [6, 6.07) is -1.30. The molecule has 0 aromatic carbocycles. The molecule has 0 aliphatic carbocycles. The summed E-state index contributed by atoms with van der Waals surface area (Å²) in [4.78, 5) is 37.2. The lowest BCUT2D eigenvalue weighted by atomic mass is 10.1. The Labute approximate surface area is 98.9 Å². The van der Waals surface area contributed by atoms with Crippen molar-refractivity contribution in [2.75, 3.05) is 0 Å². The Balaban J connectivity index is 4.69. The summed E-state index contributed by atoms with van der Waals surface area (Å²) < 4.78 is 0. The summed E-state index contributed by atoms with van der Waals surface area (Å²) in [6.07, 6.45) is -0.319. The molecule has 2 N–H and O–H groups in total. The lowest BCUT2D eigenvalue weighted by Crippen LogP contribution is -2.44. The second kappa shape index (κ2) is 6.19. The Hall–Kier alpha value is -1.63. The maximum atomic E-state index is 10.9. The molecule has 0 unspecified atom stereocenters. The van der Waals surface area contributed by atoms with Crippen molar-refractivity contribution in [1.29, 1.82) is 0 Å². The van der Waals surface area contributed by atoms with Crippen LogP contribution in [0.25, 0.3) is 0 Å². The van der Waals surface area contributed by atoms with E-state index in [1.807, 2.05) is 0 Å². The van der Waals surface area contributed by atoms with Gasteiger partial charge in [0.1, 0.15) is 0 Å². The van der Waals surface area contributed by atoms with Crippen LogP contribution in [-0.2, 0) is 19.2 Å². The lowest BCUT2D eigenvalue weighted by Gasteiger charge is -2.30. The van der Waals surface area contributed by atoms with Gasteiger partial charge in [0.2, 0.25) is 6.41 Å². The molecular weight excluding hydrogens is 230 g/mol. The van der Waals surface area contributed by atoms with Crippen LogP contribution in [0.5, 0.6) is 0 Å². The van der Waals surface area contributed by atoms with Crippen LogP contribution in [0.15, 0.2) is 0 Å². The molecule has 0 saturated heterocycles. The third-order valence-corrected chi connectivity index (χ3v) is 1.71. The average molecular weight is 247 g/mol. The first-order valence-electron chi connectivity index (χ1n) is 5.04. The first-order valence-corrected chi connectivity index (χ1v) is 5.04. The number of hydroxylamine groups is 2. The summed E-state index contributed by atoms with van der Waals surface area (Å²) in [5.41, 5.74) is -0.738. The molecule has 98 valence electrons. The number of hydrogen-bond donors (Lipinski definition) is 2. The molecule has 0 aliphatic rings. The van der Waals surface area contributed by atoms with Crippen LogP contribution in [-0.4, -0.2) is 45.3 Å². The van der Waals surface area contributed by atoms with Gasteiger partial charge < -0.3 is 10.2 Å². The Bertz CT molecular complexity index is 296. The third-order valence-electron chi connectivity index (χ3n) is 1.71. The lowest BCUT2D eigenvalue weighted by molar-refractivity contribution is -0.235. The Morgan fingerprint density at radius 1 is 1.35 bits per heavy atom. The van der Waals surface area contributed by atoms with E-state index in [-0.39, 0.29) is 19.3 Å². The molecule has 0 saturated carbocycles. The largest absolute Gasteiger partial charge is 0.481 e. The molecule has 0 bridgehead atoms. The van der Waals surface area contributed by atoms with Crippen LogP contribution in [0.1, 0.15) is 33.6 Å². The van der Waals surface area contributed by atoms with Gasteiger partial charge in [-0.25, -0.2) is 9.86 Å². The monoisotopic (exact) mass is 247 g/mol. The number of carboxylic acid groups (broad SMARTS) is 2. The van der Waals surface area contributed by atoms with Crippen LogP contribution < -0.4 is 0 Å². The summed E-state index contributed by atoms with van der Waals surface area (Å²) in [5.74, 6) is -2.43. The minimum atomic E-state index is -1.30. The molecule has 0 heterocycles. The van der Waals surface area contributed by atoms with Gasteiger partial charge in [-0.3, -0.25) is 14.4 Å². The van der Waals surface area contributed by atoms with Crippen molar-refractivity contribution < 1.29 is 29.4 Å². The van der Waals surface area contributed by atoms with Crippen molar-refractivity contribution in [1.82, 2.24) is 5.06 Å². The van der Waals surface area contributed by atoms with E-state index >= 15 is 0 Å².